The molecule has 0 aliphatic rings. The maximum Gasteiger partial charge on any atom is 0.174 e. The minimum Gasteiger partial charge on any atom is -0.494 e. The Bertz CT molecular complexity index is 947. The van der Waals surface area contributed by atoms with E-state index in [1.165, 1.54) is 0 Å². The lowest BCUT2D eigenvalue weighted by atomic mass is 10.2. The summed E-state index contributed by atoms with van der Waals surface area (Å²) in [6.45, 7) is 3.69. The van der Waals surface area contributed by atoms with Crippen molar-refractivity contribution in [2.45, 2.75) is 20.1 Å². The molecule has 0 saturated carbocycles. The molecule has 0 saturated heterocycles. The summed E-state index contributed by atoms with van der Waals surface area (Å²) in [6.07, 6.45) is 0. The van der Waals surface area contributed by atoms with Crippen molar-refractivity contribution in [2.24, 2.45) is 0 Å². The first-order valence-corrected chi connectivity index (χ1v) is 10.8. The lowest BCUT2D eigenvalue weighted by Gasteiger charge is -2.16. The van der Waals surface area contributed by atoms with Crippen LogP contribution in [-0.4, -0.2) is 13.7 Å². The molecule has 0 amide bonds. The number of hydrogen-bond donors (Lipinski definition) is 1. The zero-order valence-corrected chi connectivity index (χ0v) is 19.3. The van der Waals surface area contributed by atoms with Crippen LogP contribution in [0.1, 0.15) is 18.1 Å². The van der Waals surface area contributed by atoms with E-state index >= 15 is 0 Å². The Labute approximate surface area is 190 Å². The molecule has 4 nitrogen and oxygen atoms in total. The van der Waals surface area contributed by atoms with Gasteiger partial charge in [-0.15, -0.1) is 0 Å². The number of ether oxygens (including phenoxy) is 3. The quantitative estimate of drug-likeness (QED) is 0.323. The standard InChI is InChI=1S/C23H23ClINO3/c1-3-28-19-10-8-18(9-11-19)26-14-16-12-21(25)23(22(13-16)27-2)29-15-17-6-4-5-7-20(17)24/h4-13,26H,3,14-15H2,1-2H3. The Kier molecular flexibility index (Phi) is 7.89. The normalized spacial score (nSPS) is 10.5. The highest BCUT2D eigenvalue weighted by atomic mass is 127. The van der Waals surface area contributed by atoms with Gasteiger partial charge < -0.3 is 19.5 Å². The van der Waals surface area contributed by atoms with E-state index in [9.17, 15) is 0 Å². The van der Waals surface area contributed by atoms with E-state index < -0.39 is 0 Å². The Balaban J connectivity index is 1.68. The topological polar surface area (TPSA) is 39.7 Å². The second-order valence-electron chi connectivity index (χ2n) is 6.30. The first-order valence-electron chi connectivity index (χ1n) is 9.30. The number of methoxy groups -OCH3 is 1. The average Bonchev–Trinajstić information content (AvgIpc) is 2.73. The van der Waals surface area contributed by atoms with E-state index in [0.29, 0.717) is 30.5 Å². The molecule has 0 aromatic heterocycles. The molecule has 0 heterocycles. The molecule has 0 aliphatic carbocycles. The lowest BCUT2D eigenvalue weighted by Crippen LogP contribution is -2.04. The van der Waals surface area contributed by atoms with Gasteiger partial charge in [0.2, 0.25) is 0 Å². The van der Waals surface area contributed by atoms with Crippen LogP contribution in [0, 0.1) is 3.57 Å². The summed E-state index contributed by atoms with van der Waals surface area (Å²) >= 11 is 8.50. The van der Waals surface area contributed by atoms with E-state index in [-0.39, 0.29) is 0 Å². The first-order chi connectivity index (χ1) is 14.1. The molecule has 3 rings (SSSR count). The van der Waals surface area contributed by atoms with Gasteiger partial charge in [-0.05, 0) is 77.5 Å². The van der Waals surface area contributed by atoms with E-state index in [1.807, 2.05) is 61.5 Å². The molecule has 1 N–H and O–H groups in total. The van der Waals surface area contributed by atoms with Gasteiger partial charge in [-0.25, -0.2) is 0 Å². The molecule has 0 aliphatic heterocycles. The van der Waals surface area contributed by atoms with Crippen LogP contribution in [0.5, 0.6) is 17.2 Å². The van der Waals surface area contributed by atoms with Gasteiger partial charge in [0, 0.05) is 22.8 Å². The summed E-state index contributed by atoms with van der Waals surface area (Å²) in [4.78, 5) is 0. The van der Waals surface area contributed by atoms with Crippen LogP contribution in [0.15, 0.2) is 60.7 Å². The zero-order valence-electron chi connectivity index (χ0n) is 16.4. The summed E-state index contributed by atoms with van der Waals surface area (Å²) < 4.78 is 18.1. The Morgan fingerprint density at radius 3 is 2.45 bits per heavy atom. The van der Waals surface area contributed by atoms with Gasteiger partial charge in [-0.3, -0.25) is 0 Å². The first kappa shape index (κ1) is 21.6. The third kappa shape index (κ3) is 5.93. The molecule has 0 unspecified atom stereocenters. The Morgan fingerprint density at radius 1 is 1.00 bits per heavy atom. The summed E-state index contributed by atoms with van der Waals surface area (Å²) in [5, 5.41) is 4.11. The van der Waals surface area contributed by atoms with Gasteiger partial charge in [-0.2, -0.15) is 0 Å². The molecule has 0 radical (unpaired) electrons. The second kappa shape index (κ2) is 10.6. The molecular formula is C23H23ClINO3. The molecule has 152 valence electrons. The number of nitrogens with one attached hydrogen (secondary N) is 1. The number of halogens is 2. The molecule has 6 heteroatoms. The molecule has 0 fully saturated rings. The van der Waals surface area contributed by atoms with E-state index in [0.717, 1.165) is 31.9 Å². The van der Waals surface area contributed by atoms with Crippen molar-refractivity contribution in [3.05, 3.63) is 80.4 Å². The van der Waals surface area contributed by atoms with Crippen LogP contribution in [-0.2, 0) is 13.2 Å². The van der Waals surface area contributed by atoms with Gasteiger partial charge in [0.1, 0.15) is 12.4 Å². The lowest BCUT2D eigenvalue weighted by molar-refractivity contribution is 0.282. The van der Waals surface area contributed by atoms with Crippen LogP contribution in [0.2, 0.25) is 5.02 Å². The fourth-order valence-corrected chi connectivity index (χ4v) is 3.83. The molecule has 0 spiro atoms. The van der Waals surface area contributed by atoms with E-state index in [2.05, 4.69) is 34.0 Å². The molecule has 0 atom stereocenters. The van der Waals surface area contributed by atoms with Crippen molar-refractivity contribution >= 4 is 39.9 Å². The third-order valence-electron chi connectivity index (χ3n) is 4.28. The minimum absolute atomic E-state index is 0.385. The van der Waals surface area contributed by atoms with Crippen LogP contribution < -0.4 is 19.5 Å². The monoisotopic (exact) mass is 523 g/mol. The van der Waals surface area contributed by atoms with Crippen molar-refractivity contribution in [1.82, 2.24) is 0 Å². The second-order valence-corrected chi connectivity index (χ2v) is 7.87. The van der Waals surface area contributed by atoms with Crippen LogP contribution in [0.4, 0.5) is 5.69 Å². The van der Waals surface area contributed by atoms with Crippen molar-refractivity contribution < 1.29 is 14.2 Å². The fraction of sp³-hybridized carbons (Fsp3) is 0.217. The van der Waals surface area contributed by atoms with Crippen molar-refractivity contribution in [2.75, 3.05) is 19.0 Å². The highest BCUT2D eigenvalue weighted by molar-refractivity contribution is 14.1. The van der Waals surface area contributed by atoms with Gasteiger partial charge in [0.25, 0.3) is 0 Å². The predicted molar refractivity (Wildman–Crippen MR) is 126 cm³/mol. The highest BCUT2D eigenvalue weighted by Gasteiger charge is 2.13. The van der Waals surface area contributed by atoms with E-state index in [1.54, 1.807) is 7.11 Å². The summed E-state index contributed by atoms with van der Waals surface area (Å²) in [5.41, 5.74) is 3.07. The maximum absolute atomic E-state index is 6.23. The van der Waals surface area contributed by atoms with Gasteiger partial charge in [0.15, 0.2) is 11.5 Å². The maximum atomic E-state index is 6.23. The SMILES string of the molecule is CCOc1ccc(NCc2cc(I)c(OCc3ccccc3Cl)c(OC)c2)cc1. The van der Waals surface area contributed by atoms with Crippen molar-refractivity contribution in [3.63, 3.8) is 0 Å². The van der Waals surface area contributed by atoms with Gasteiger partial charge in [0.05, 0.1) is 17.3 Å². The Hall–Kier alpha value is -2.12. The molecule has 29 heavy (non-hydrogen) atoms. The fourth-order valence-electron chi connectivity index (χ4n) is 2.82. The van der Waals surface area contributed by atoms with Crippen LogP contribution in [0.3, 0.4) is 0 Å². The largest absolute Gasteiger partial charge is 0.494 e. The highest BCUT2D eigenvalue weighted by Crippen LogP contribution is 2.35. The molecular weight excluding hydrogens is 501 g/mol. The van der Waals surface area contributed by atoms with Crippen molar-refractivity contribution in [3.8, 4) is 17.2 Å². The number of rotatable bonds is 9. The van der Waals surface area contributed by atoms with Gasteiger partial charge in [-0.1, -0.05) is 29.8 Å². The third-order valence-corrected chi connectivity index (χ3v) is 5.45. The minimum atomic E-state index is 0.385. The molecule has 0 bridgehead atoms. The summed E-state index contributed by atoms with van der Waals surface area (Å²) in [7, 11) is 1.65. The average molecular weight is 524 g/mol. The molecule has 3 aromatic carbocycles. The summed E-state index contributed by atoms with van der Waals surface area (Å²) in [6, 6.07) is 19.7. The zero-order chi connectivity index (χ0) is 20.6. The number of anilines is 1. The number of hydrogen-bond acceptors (Lipinski definition) is 4. The predicted octanol–water partition coefficient (Wildman–Crippen LogP) is 6.54. The van der Waals surface area contributed by atoms with Crippen LogP contribution in [0.25, 0.3) is 0 Å². The Morgan fingerprint density at radius 2 is 1.76 bits per heavy atom. The van der Waals surface area contributed by atoms with Crippen molar-refractivity contribution in [1.29, 1.82) is 0 Å². The van der Waals surface area contributed by atoms with Crippen LogP contribution >= 0.6 is 34.2 Å². The number of benzene rings is 3. The van der Waals surface area contributed by atoms with E-state index in [4.69, 9.17) is 25.8 Å². The van der Waals surface area contributed by atoms with Gasteiger partial charge >= 0.3 is 0 Å². The smallest absolute Gasteiger partial charge is 0.174 e. The summed E-state index contributed by atoms with van der Waals surface area (Å²) in [5.74, 6) is 2.29. The molecule has 3 aromatic rings.